The molecule has 0 saturated carbocycles. The van der Waals surface area contributed by atoms with Crippen LogP contribution < -0.4 is 5.69 Å². The molecule has 2 aromatic rings. The van der Waals surface area contributed by atoms with E-state index in [1.807, 2.05) is 31.2 Å². The first-order chi connectivity index (χ1) is 10.9. The number of hydrogen-bond donors (Lipinski definition) is 1. The monoisotopic (exact) mass is 317 g/mol. The number of rotatable bonds is 7. The van der Waals surface area contributed by atoms with Crippen molar-refractivity contribution in [3.8, 4) is 5.69 Å². The minimum atomic E-state index is -0.814. The van der Waals surface area contributed by atoms with Gasteiger partial charge >= 0.3 is 11.7 Å². The Kier molecular flexibility index (Phi) is 5.36. The Morgan fingerprint density at radius 1 is 1.26 bits per heavy atom. The molecular weight excluding hydrogens is 294 g/mol. The van der Waals surface area contributed by atoms with Crippen LogP contribution in [0.1, 0.15) is 45.2 Å². The molecule has 6 heteroatoms. The fourth-order valence-corrected chi connectivity index (χ4v) is 2.72. The second kappa shape index (κ2) is 7.26. The van der Waals surface area contributed by atoms with E-state index in [0.717, 1.165) is 17.7 Å². The van der Waals surface area contributed by atoms with E-state index >= 15 is 0 Å². The molecule has 1 aromatic carbocycles. The highest BCUT2D eigenvalue weighted by molar-refractivity contribution is 5.67. The summed E-state index contributed by atoms with van der Waals surface area (Å²) >= 11 is 0. The first-order valence-corrected chi connectivity index (χ1v) is 7.91. The van der Waals surface area contributed by atoms with Crippen molar-refractivity contribution in [3.63, 3.8) is 0 Å². The summed E-state index contributed by atoms with van der Waals surface area (Å²) in [4.78, 5) is 23.2. The van der Waals surface area contributed by atoms with Crippen LogP contribution in [0.15, 0.2) is 35.4 Å². The van der Waals surface area contributed by atoms with Gasteiger partial charge in [0.25, 0.3) is 0 Å². The molecule has 1 N–H and O–H groups in total. The SMILES string of the molecule is CCC(C(C)C)n1ncn(-c2ccc(CCC(=O)O)cc2)c1=O. The van der Waals surface area contributed by atoms with Gasteiger partial charge in [-0.15, -0.1) is 0 Å². The maximum Gasteiger partial charge on any atom is 0.350 e. The lowest BCUT2D eigenvalue weighted by Crippen LogP contribution is -2.29. The van der Waals surface area contributed by atoms with Gasteiger partial charge in [0.1, 0.15) is 6.33 Å². The second-order valence-corrected chi connectivity index (χ2v) is 6.01. The summed E-state index contributed by atoms with van der Waals surface area (Å²) in [7, 11) is 0. The molecule has 23 heavy (non-hydrogen) atoms. The van der Waals surface area contributed by atoms with Crippen LogP contribution in [0.4, 0.5) is 0 Å². The Bertz CT molecular complexity index is 713. The van der Waals surface area contributed by atoms with Crippen LogP contribution in [0.2, 0.25) is 0 Å². The summed E-state index contributed by atoms with van der Waals surface area (Å²) < 4.78 is 3.06. The third-order valence-electron chi connectivity index (χ3n) is 4.04. The summed E-state index contributed by atoms with van der Waals surface area (Å²) in [5.74, 6) is -0.481. The van der Waals surface area contributed by atoms with Gasteiger partial charge in [0.2, 0.25) is 0 Å². The highest BCUT2D eigenvalue weighted by Crippen LogP contribution is 2.18. The zero-order chi connectivity index (χ0) is 17.0. The summed E-state index contributed by atoms with van der Waals surface area (Å²) in [5, 5.41) is 13.0. The van der Waals surface area contributed by atoms with Crippen LogP contribution in [-0.2, 0) is 11.2 Å². The maximum absolute atomic E-state index is 12.6. The number of carboxylic acids is 1. The number of aliphatic carboxylic acids is 1. The Balaban J connectivity index is 2.24. The second-order valence-electron chi connectivity index (χ2n) is 6.01. The maximum atomic E-state index is 12.6. The molecule has 0 bridgehead atoms. The van der Waals surface area contributed by atoms with Crippen LogP contribution in [0.5, 0.6) is 0 Å². The number of hydrogen-bond acceptors (Lipinski definition) is 3. The number of aromatic nitrogens is 3. The van der Waals surface area contributed by atoms with Crippen molar-refractivity contribution in [2.24, 2.45) is 5.92 Å². The molecular formula is C17H23N3O3. The molecule has 0 aliphatic heterocycles. The summed E-state index contributed by atoms with van der Waals surface area (Å²) in [5.41, 5.74) is 1.52. The fraction of sp³-hybridized carbons (Fsp3) is 0.471. The van der Waals surface area contributed by atoms with E-state index in [2.05, 4.69) is 18.9 Å². The summed E-state index contributed by atoms with van der Waals surface area (Å²) in [6, 6.07) is 7.42. The quantitative estimate of drug-likeness (QED) is 0.851. The number of nitrogens with zero attached hydrogens (tertiary/aromatic N) is 3. The molecule has 0 amide bonds. The molecule has 0 aliphatic rings. The van der Waals surface area contributed by atoms with Gasteiger partial charge in [0.05, 0.1) is 11.7 Å². The molecule has 6 nitrogen and oxygen atoms in total. The average molecular weight is 317 g/mol. The van der Waals surface area contributed by atoms with Gasteiger partial charge in [-0.25, -0.2) is 14.0 Å². The van der Waals surface area contributed by atoms with Crippen LogP contribution in [-0.4, -0.2) is 25.4 Å². The molecule has 1 unspecified atom stereocenters. The van der Waals surface area contributed by atoms with Crippen molar-refractivity contribution in [1.29, 1.82) is 0 Å². The van der Waals surface area contributed by atoms with E-state index in [1.54, 1.807) is 11.0 Å². The van der Waals surface area contributed by atoms with E-state index in [-0.39, 0.29) is 18.2 Å². The molecule has 124 valence electrons. The predicted octanol–water partition coefficient (Wildman–Crippen LogP) is 2.66. The lowest BCUT2D eigenvalue weighted by molar-refractivity contribution is -0.136. The Morgan fingerprint density at radius 2 is 1.91 bits per heavy atom. The van der Waals surface area contributed by atoms with Crippen molar-refractivity contribution < 1.29 is 9.90 Å². The van der Waals surface area contributed by atoms with E-state index < -0.39 is 5.97 Å². The Morgan fingerprint density at radius 3 is 2.43 bits per heavy atom. The van der Waals surface area contributed by atoms with Gasteiger partial charge < -0.3 is 5.11 Å². The first-order valence-electron chi connectivity index (χ1n) is 7.91. The van der Waals surface area contributed by atoms with Crippen molar-refractivity contribution >= 4 is 5.97 Å². The zero-order valence-corrected chi connectivity index (χ0v) is 13.8. The van der Waals surface area contributed by atoms with Crippen LogP contribution >= 0.6 is 0 Å². The van der Waals surface area contributed by atoms with Gasteiger partial charge in [-0.1, -0.05) is 32.9 Å². The van der Waals surface area contributed by atoms with Crippen molar-refractivity contribution in [3.05, 3.63) is 46.6 Å². The van der Waals surface area contributed by atoms with Crippen molar-refractivity contribution in [2.75, 3.05) is 0 Å². The van der Waals surface area contributed by atoms with E-state index in [1.165, 1.54) is 4.57 Å². The Labute approximate surface area is 135 Å². The van der Waals surface area contributed by atoms with E-state index in [4.69, 9.17) is 5.11 Å². The molecule has 0 fully saturated rings. The van der Waals surface area contributed by atoms with Crippen molar-refractivity contribution in [1.82, 2.24) is 14.3 Å². The molecule has 1 atom stereocenters. The minimum Gasteiger partial charge on any atom is -0.481 e. The predicted molar refractivity (Wildman–Crippen MR) is 87.9 cm³/mol. The van der Waals surface area contributed by atoms with E-state index in [9.17, 15) is 9.59 Å². The Hall–Kier alpha value is -2.37. The first kappa shape index (κ1) is 17.0. The third-order valence-corrected chi connectivity index (χ3v) is 4.04. The standard InChI is InChI=1S/C17H23N3O3/c1-4-15(12(2)3)20-17(23)19(11-18-20)14-8-5-13(6-9-14)7-10-16(21)22/h5-6,8-9,11-12,15H,4,7,10H2,1-3H3,(H,21,22). The van der Waals surface area contributed by atoms with Crippen LogP contribution in [0.3, 0.4) is 0 Å². The zero-order valence-electron chi connectivity index (χ0n) is 13.8. The number of aryl methyl sites for hydroxylation is 1. The van der Waals surface area contributed by atoms with Crippen molar-refractivity contribution in [2.45, 2.75) is 46.1 Å². The molecule has 1 heterocycles. The molecule has 0 spiro atoms. The fourth-order valence-electron chi connectivity index (χ4n) is 2.72. The molecule has 0 aliphatic carbocycles. The van der Waals surface area contributed by atoms with Crippen LogP contribution in [0.25, 0.3) is 5.69 Å². The normalized spacial score (nSPS) is 12.5. The summed E-state index contributed by atoms with van der Waals surface area (Å²) in [6.45, 7) is 6.21. The van der Waals surface area contributed by atoms with Gasteiger partial charge in [0, 0.05) is 6.42 Å². The molecule has 1 aromatic heterocycles. The van der Waals surface area contributed by atoms with Crippen LogP contribution in [0, 0.1) is 5.92 Å². The summed E-state index contributed by atoms with van der Waals surface area (Å²) in [6.07, 6.45) is 2.97. The average Bonchev–Trinajstić information content (AvgIpc) is 2.88. The lowest BCUT2D eigenvalue weighted by Gasteiger charge is -2.17. The largest absolute Gasteiger partial charge is 0.481 e. The number of carbonyl (C=O) groups is 1. The number of carboxylic acid groups (broad SMARTS) is 1. The topological polar surface area (TPSA) is 77.1 Å². The van der Waals surface area contributed by atoms with E-state index in [0.29, 0.717) is 12.3 Å². The highest BCUT2D eigenvalue weighted by atomic mass is 16.4. The minimum absolute atomic E-state index is 0.0820. The molecule has 2 rings (SSSR count). The highest BCUT2D eigenvalue weighted by Gasteiger charge is 2.18. The van der Waals surface area contributed by atoms with Gasteiger partial charge in [-0.2, -0.15) is 5.10 Å². The lowest BCUT2D eigenvalue weighted by atomic mass is 10.0. The van der Waals surface area contributed by atoms with Gasteiger partial charge in [-0.3, -0.25) is 4.79 Å². The molecule has 0 saturated heterocycles. The van der Waals surface area contributed by atoms with Gasteiger partial charge in [-0.05, 0) is 36.5 Å². The molecule has 0 radical (unpaired) electrons. The van der Waals surface area contributed by atoms with Gasteiger partial charge in [0.15, 0.2) is 0 Å². The number of benzene rings is 1. The smallest absolute Gasteiger partial charge is 0.350 e. The third kappa shape index (κ3) is 3.88.